The van der Waals surface area contributed by atoms with E-state index in [1.54, 1.807) is 39.3 Å². The lowest BCUT2D eigenvalue weighted by Gasteiger charge is -2.15. The van der Waals surface area contributed by atoms with E-state index in [-0.39, 0.29) is 17.7 Å². The van der Waals surface area contributed by atoms with Crippen LogP contribution in [0.25, 0.3) is 22.8 Å². The van der Waals surface area contributed by atoms with Gasteiger partial charge in [0.2, 0.25) is 23.3 Å². The Balaban J connectivity index is 1.42. The van der Waals surface area contributed by atoms with Gasteiger partial charge in [0.05, 0.1) is 25.5 Å². The molecule has 3 N–H and O–H groups in total. The molecule has 41 heavy (non-hydrogen) atoms. The highest BCUT2D eigenvalue weighted by molar-refractivity contribution is 5.82. The summed E-state index contributed by atoms with van der Waals surface area (Å²) < 4.78 is 53.0. The number of nitrogens with two attached hydrogens (primary N) is 1. The van der Waals surface area contributed by atoms with Crippen LogP contribution in [0.4, 0.5) is 19.0 Å². The zero-order chi connectivity index (χ0) is 29.3. The molecule has 214 valence electrons. The second-order valence-electron chi connectivity index (χ2n) is 9.96. The molecule has 1 fully saturated rings. The van der Waals surface area contributed by atoms with E-state index in [4.69, 9.17) is 19.9 Å². The summed E-state index contributed by atoms with van der Waals surface area (Å²) in [5.74, 6) is 1.57. The second kappa shape index (κ2) is 11.2. The van der Waals surface area contributed by atoms with Gasteiger partial charge >= 0.3 is 6.18 Å². The van der Waals surface area contributed by atoms with Crippen molar-refractivity contribution >= 4 is 12.0 Å². The summed E-state index contributed by atoms with van der Waals surface area (Å²) in [6, 6.07) is 6.83. The first-order chi connectivity index (χ1) is 19.7. The van der Waals surface area contributed by atoms with E-state index in [1.165, 1.54) is 24.2 Å². The van der Waals surface area contributed by atoms with Gasteiger partial charge in [0, 0.05) is 35.5 Å². The van der Waals surface area contributed by atoms with Gasteiger partial charge in [-0.1, -0.05) is 24.3 Å². The minimum Gasteiger partial charge on any atom is -0.481 e. The van der Waals surface area contributed by atoms with Crippen LogP contribution in [-0.4, -0.2) is 49.9 Å². The van der Waals surface area contributed by atoms with Gasteiger partial charge < -0.3 is 14.9 Å². The number of nitrogens with one attached hydrogen (secondary N) is 1. The molecule has 1 aromatic carbocycles. The van der Waals surface area contributed by atoms with Crippen molar-refractivity contribution in [1.29, 1.82) is 5.41 Å². The summed E-state index contributed by atoms with van der Waals surface area (Å²) in [6.45, 7) is 4.02. The molecule has 3 heterocycles. The summed E-state index contributed by atoms with van der Waals surface area (Å²) >= 11 is 0. The highest BCUT2D eigenvalue weighted by Crippen LogP contribution is 2.45. The Hall–Kier alpha value is -4.39. The van der Waals surface area contributed by atoms with E-state index in [2.05, 4.69) is 19.9 Å². The Morgan fingerprint density at radius 2 is 1.80 bits per heavy atom. The van der Waals surface area contributed by atoms with Crippen molar-refractivity contribution in [2.45, 2.75) is 51.4 Å². The van der Waals surface area contributed by atoms with Crippen molar-refractivity contribution < 1.29 is 28.0 Å². The first-order valence-corrected chi connectivity index (χ1v) is 13.1. The fourth-order valence-corrected chi connectivity index (χ4v) is 4.70. The van der Waals surface area contributed by atoms with Crippen LogP contribution in [0.2, 0.25) is 0 Å². The quantitative estimate of drug-likeness (QED) is 0.266. The normalized spacial score (nSPS) is 13.5. The van der Waals surface area contributed by atoms with Gasteiger partial charge in [-0.25, -0.2) is 19.9 Å². The number of rotatable bonds is 10. The summed E-state index contributed by atoms with van der Waals surface area (Å²) in [6.07, 6.45) is 1.67. The summed E-state index contributed by atoms with van der Waals surface area (Å²) in [5.41, 5.74) is 2.43. The smallest absolute Gasteiger partial charge is 0.438 e. The maximum atomic E-state index is 13.6. The van der Waals surface area contributed by atoms with Gasteiger partial charge in [0.15, 0.2) is 5.82 Å². The van der Waals surface area contributed by atoms with E-state index >= 15 is 0 Å². The van der Waals surface area contributed by atoms with Crippen molar-refractivity contribution in [2.24, 2.45) is 0 Å². The first-order valence-electron chi connectivity index (χ1n) is 13.1. The number of hydrogen-bond donors (Lipinski definition) is 2. The molecule has 0 amide bonds. The highest BCUT2D eigenvalue weighted by atomic mass is 19.4. The Bertz CT molecular complexity index is 1560. The van der Waals surface area contributed by atoms with Crippen molar-refractivity contribution in [1.82, 2.24) is 29.5 Å². The molecule has 0 atom stereocenters. The zero-order valence-corrected chi connectivity index (χ0v) is 23.0. The second-order valence-corrected chi connectivity index (χ2v) is 9.96. The SMILES string of the molecule is COc1ncnc(C2CC2)c1-c1ncc(C=N)c([NH2+]Cc2ccc(-c3nc(C(F)(F)F)c(OC)n3C(C)C)cc2)n1. The molecule has 1 aliphatic carbocycles. The molecule has 0 bridgehead atoms. The van der Waals surface area contributed by atoms with Gasteiger partial charge in [-0.15, -0.1) is 0 Å². The molecule has 13 heteroatoms. The number of nitrogens with zero attached hydrogens (tertiary/aromatic N) is 6. The van der Waals surface area contributed by atoms with E-state index in [1.807, 2.05) is 17.4 Å². The van der Waals surface area contributed by atoms with Crippen LogP contribution in [0.5, 0.6) is 11.8 Å². The topological polar surface area (TPSA) is 128 Å². The number of ether oxygens (including phenoxy) is 2. The average Bonchev–Trinajstić information content (AvgIpc) is 3.73. The maximum Gasteiger partial charge on any atom is 0.438 e. The number of halogens is 3. The number of benzene rings is 1. The Kier molecular flexibility index (Phi) is 7.72. The van der Waals surface area contributed by atoms with Crippen molar-refractivity contribution in [2.75, 3.05) is 14.2 Å². The van der Waals surface area contributed by atoms with Crippen LogP contribution >= 0.6 is 0 Å². The molecule has 3 aromatic heterocycles. The Labute approximate surface area is 234 Å². The lowest BCUT2D eigenvalue weighted by molar-refractivity contribution is -0.592. The fourth-order valence-electron chi connectivity index (χ4n) is 4.70. The van der Waals surface area contributed by atoms with E-state index in [9.17, 15) is 13.2 Å². The van der Waals surface area contributed by atoms with Gasteiger partial charge in [-0.2, -0.15) is 18.2 Å². The Morgan fingerprint density at radius 3 is 2.39 bits per heavy atom. The number of methoxy groups -OCH3 is 2. The fraction of sp³-hybridized carbons (Fsp3) is 0.357. The van der Waals surface area contributed by atoms with Crippen molar-refractivity contribution in [3.63, 3.8) is 0 Å². The van der Waals surface area contributed by atoms with Crippen LogP contribution in [0.1, 0.15) is 61.2 Å². The molecule has 1 aliphatic rings. The molecule has 0 aliphatic heterocycles. The molecular formula is C28H30F3N8O2+. The number of hydrogen-bond acceptors (Lipinski definition) is 8. The molecule has 0 spiro atoms. The lowest BCUT2D eigenvalue weighted by atomic mass is 10.1. The van der Waals surface area contributed by atoms with E-state index < -0.39 is 11.9 Å². The van der Waals surface area contributed by atoms with Gasteiger partial charge in [0.1, 0.15) is 24.3 Å². The summed E-state index contributed by atoms with van der Waals surface area (Å²) in [7, 11) is 2.75. The third-order valence-corrected chi connectivity index (χ3v) is 6.82. The molecule has 1 saturated carbocycles. The first kappa shape index (κ1) is 28.1. The third-order valence-electron chi connectivity index (χ3n) is 6.82. The minimum atomic E-state index is -4.65. The molecule has 0 radical (unpaired) electrons. The number of aromatic nitrogens is 6. The monoisotopic (exact) mass is 567 g/mol. The predicted molar refractivity (Wildman–Crippen MR) is 144 cm³/mol. The molecule has 10 nitrogen and oxygen atoms in total. The number of quaternary nitrogens is 1. The predicted octanol–water partition coefficient (Wildman–Crippen LogP) is 4.68. The zero-order valence-electron chi connectivity index (χ0n) is 23.0. The molecular weight excluding hydrogens is 537 g/mol. The van der Waals surface area contributed by atoms with Crippen LogP contribution in [0.15, 0.2) is 36.8 Å². The highest BCUT2D eigenvalue weighted by Gasteiger charge is 2.40. The molecule has 4 aromatic rings. The van der Waals surface area contributed by atoms with Crippen LogP contribution in [0, 0.1) is 5.41 Å². The molecule has 5 rings (SSSR count). The van der Waals surface area contributed by atoms with Gasteiger partial charge in [0.25, 0.3) is 0 Å². The van der Waals surface area contributed by atoms with Crippen molar-refractivity contribution in [3.8, 4) is 34.5 Å². The third kappa shape index (κ3) is 5.62. The van der Waals surface area contributed by atoms with Crippen LogP contribution in [0.3, 0.4) is 0 Å². The van der Waals surface area contributed by atoms with E-state index in [0.29, 0.717) is 46.7 Å². The largest absolute Gasteiger partial charge is 0.481 e. The molecule has 0 unspecified atom stereocenters. The van der Waals surface area contributed by atoms with Gasteiger partial charge in [-0.05, 0) is 26.7 Å². The maximum absolute atomic E-state index is 13.6. The minimum absolute atomic E-state index is 0.178. The van der Waals surface area contributed by atoms with Gasteiger partial charge in [-0.3, -0.25) is 9.88 Å². The standard InChI is InChI=1S/C28H29F3N8O2/c1-15(2)39-25(37-22(27(39)41-4)28(29,30)31)18-7-5-16(6-8-18)12-33-23-19(11-32)13-34-24(38-23)20-21(17-9-10-17)35-14-36-26(20)40-3/h5-8,11,13-15,17,32H,9-10,12H2,1-4H3,(H,33,34,38)/p+1. The number of alkyl halides is 3. The number of imidazole rings is 1. The molecule has 0 saturated heterocycles. The van der Waals surface area contributed by atoms with E-state index in [0.717, 1.165) is 24.1 Å². The lowest BCUT2D eigenvalue weighted by Crippen LogP contribution is -2.77. The average molecular weight is 568 g/mol. The summed E-state index contributed by atoms with van der Waals surface area (Å²) in [4.78, 5) is 21.8. The van der Waals surface area contributed by atoms with Crippen LogP contribution in [-0.2, 0) is 12.7 Å². The van der Waals surface area contributed by atoms with Crippen molar-refractivity contribution in [3.05, 3.63) is 59.3 Å². The van der Waals surface area contributed by atoms with Crippen LogP contribution < -0.4 is 14.8 Å². The Morgan fingerprint density at radius 1 is 1.07 bits per heavy atom. The summed E-state index contributed by atoms with van der Waals surface area (Å²) in [5, 5.41) is 9.71.